The predicted octanol–water partition coefficient (Wildman–Crippen LogP) is -6.89. The molecule has 1 atom stereocenters. The van der Waals surface area contributed by atoms with Crippen LogP contribution in [0.2, 0.25) is 0 Å². The summed E-state index contributed by atoms with van der Waals surface area (Å²) in [5.41, 5.74) is 0. The summed E-state index contributed by atoms with van der Waals surface area (Å²) in [4.78, 5) is 0. The number of rotatable bonds is 0. The Morgan fingerprint density at radius 1 is 1.33 bits per heavy atom. The van der Waals surface area contributed by atoms with E-state index in [1.54, 1.807) is 0 Å². The van der Waals surface area contributed by atoms with Gasteiger partial charge in [0.25, 0.3) is 0 Å². The number of hydrogen-bond donors (Lipinski definition) is 0. The van der Waals surface area contributed by atoms with Gasteiger partial charge >= 0.3 is 59.1 Å². The summed E-state index contributed by atoms with van der Waals surface area (Å²) < 4.78 is 36.9. The fourth-order valence-electron chi connectivity index (χ4n) is 0. The van der Waals surface area contributed by atoms with Crippen LogP contribution in [-0.4, -0.2) is 29.7 Å². The Morgan fingerprint density at radius 3 is 1.33 bits per heavy atom. The van der Waals surface area contributed by atoms with E-state index < -0.39 is 19.9 Å². The summed E-state index contributed by atoms with van der Waals surface area (Å²) in [5, 5.41) is 0. The van der Waals surface area contributed by atoms with Crippen molar-refractivity contribution in [2.24, 2.45) is 0 Å². The molecule has 0 saturated carbocycles. The van der Waals surface area contributed by atoms with Crippen LogP contribution in [-0.2, 0) is 31.6 Å². The van der Waals surface area contributed by atoms with Crippen molar-refractivity contribution in [1.29, 1.82) is 0 Å². The summed E-state index contributed by atoms with van der Waals surface area (Å²) >= 11 is 1.94. The maximum atomic E-state index is 9.45. The van der Waals surface area contributed by atoms with Gasteiger partial charge in [-0.15, -0.1) is 0 Å². The molecule has 66 valence electrons. The average molecular weight is 270 g/mol. The minimum absolute atomic E-state index is 0. The first-order valence-electron chi connectivity index (χ1n) is 1.65. The second-order valence-corrected chi connectivity index (χ2v) is 5.13. The maximum absolute atomic E-state index is 9.45. The zero-order valence-corrected chi connectivity index (χ0v) is 14.8. The van der Waals surface area contributed by atoms with Gasteiger partial charge in [0, 0.05) is 15.1 Å². The van der Waals surface area contributed by atoms with E-state index >= 15 is 0 Å². The van der Waals surface area contributed by atoms with Crippen LogP contribution in [0.1, 0.15) is 0 Å². The second-order valence-electron chi connectivity index (χ2n) is 1.11. The number of hydrogen-bond acceptors (Lipinski definition) is 5. The summed E-state index contributed by atoms with van der Waals surface area (Å²) in [6.45, 7) is 0. The van der Waals surface area contributed by atoms with E-state index in [1.807, 2.05) is 0 Å². The molecule has 0 heterocycles. The van der Waals surface area contributed by atoms with Crippen molar-refractivity contribution < 1.29 is 76.3 Å². The quantitative estimate of drug-likeness (QED) is 0.189. The molecule has 0 fully saturated rings. The van der Waals surface area contributed by atoms with Crippen molar-refractivity contribution in [1.82, 2.24) is 0 Å². The van der Waals surface area contributed by atoms with Crippen LogP contribution < -0.4 is 59.1 Å². The molecule has 10 heteroatoms. The van der Waals surface area contributed by atoms with Crippen LogP contribution >= 0.6 is 13.5 Å². The zero-order chi connectivity index (χ0) is 8.08. The van der Waals surface area contributed by atoms with Crippen LogP contribution in [0.4, 0.5) is 0 Å². The van der Waals surface area contributed by atoms with E-state index in [2.05, 4.69) is 11.7 Å². The smallest absolute Gasteiger partial charge is 0.773 e. The minimum Gasteiger partial charge on any atom is -0.773 e. The molecule has 0 saturated heterocycles. The summed E-state index contributed by atoms with van der Waals surface area (Å²) in [5.74, 6) is 0. The van der Waals surface area contributed by atoms with Crippen molar-refractivity contribution in [3.8, 4) is 0 Å². The third-order valence-electron chi connectivity index (χ3n) is 0. The normalized spacial score (nSPS) is 10.0. The van der Waals surface area contributed by atoms with Gasteiger partial charge < -0.3 is 16.2 Å². The van der Waals surface area contributed by atoms with Gasteiger partial charge in [-0.05, 0) is 6.26 Å². The molecule has 0 aliphatic heterocycles. The molecule has 0 aromatic heterocycles. The Kier molecular flexibility index (Phi) is 39.6. The average Bonchev–Trinajstić information content (AvgIpc) is 1.19. The molecule has 0 amide bonds. The predicted molar refractivity (Wildman–Crippen MR) is 47.4 cm³/mol. The molecule has 0 radical (unpaired) electrons. The molecular weight excluding hydrogens is 262 g/mol. The molecule has 12 heavy (non-hydrogen) atoms. The van der Waals surface area contributed by atoms with Gasteiger partial charge in [-0.1, -0.05) is 11.1 Å². The second kappa shape index (κ2) is 16.2. The van der Waals surface area contributed by atoms with Crippen LogP contribution in [0.3, 0.4) is 0 Å². The monoisotopic (exact) mass is 270 g/mol. The summed E-state index contributed by atoms with van der Waals surface area (Å²) in [6, 6.07) is 0. The topological polar surface area (TPSA) is 74.3 Å². The Morgan fingerprint density at radius 2 is 1.33 bits per heavy atom. The van der Waals surface area contributed by atoms with Crippen molar-refractivity contribution in [3.63, 3.8) is 0 Å². The van der Waals surface area contributed by atoms with Gasteiger partial charge in [-0.25, -0.2) is 0 Å². The molecule has 0 aliphatic carbocycles. The minimum atomic E-state index is -3.08. The Labute approximate surface area is 132 Å². The van der Waals surface area contributed by atoms with Gasteiger partial charge in [0.05, 0.1) is 0 Å². The first-order valence-corrected chi connectivity index (χ1v) is 5.95. The first kappa shape index (κ1) is 29.3. The van der Waals surface area contributed by atoms with E-state index in [9.17, 15) is 8.42 Å². The third kappa shape index (κ3) is 232. The zero-order valence-electron chi connectivity index (χ0n) is 7.36. The van der Waals surface area contributed by atoms with E-state index in [0.717, 1.165) is 12.5 Å². The SMILES string of the molecule is CS(=O)(=O)[S-].CS(=O)[O-].S.[Na+].[Na+]. The van der Waals surface area contributed by atoms with Gasteiger partial charge in [0.2, 0.25) is 0 Å². The van der Waals surface area contributed by atoms with Gasteiger partial charge in [-0.3, -0.25) is 12.6 Å². The van der Waals surface area contributed by atoms with Crippen molar-refractivity contribution >= 4 is 45.1 Å². The van der Waals surface area contributed by atoms with Crippen molar-refractivity contribution in [2.45, 2.75) is 0 Å². The van der Waals surface area contributed by atoms with Crippen LogP contribution in [0, 0.1) is 0 Å². The molecule has 0 rings (SSSR count). The molecular formula is C2H8Na2O4S4. The van der Waals surface area contributed by atoms with Gasteiger partial charge in [0.15, 0.2) is 0 Å². The Balaban J connectivity index is -0.0000000221. The third-order valence-corrected chi connectivity index (χ3v) is 0. The molecule has 0 N–H and O–H groups in total. The fraction of sp³-hybridized carbons (Fsp3) is 1.00. The van der Waals surface area contributed by atoms with Crippen LogP contribution in [0.25, 0.3) is 0 Å². The summed E-state index contributed by atoms with van der Waals surface area (Å²) in [7, 11) is -3.08. The molecule has 0 aromatic rings. The van der Waals surface area contributed by atoms with E-state index in [-0.39, 0.29) is 72.6 Å². The maximum Gasteiger partial charge on any atom is 1.00 e. The van der Waals surface area contributed by atoms with Gasteiger partial charge in [-0.2, -0.15) is 13.5 Å². The van der Waals surface area contributed by atoms with Crippen molar-refractivity contribution in [2.75, 3.05) is 12.5 Å². The molecule has 1 unspecified atom stereocenters. The largest absolute Gasteiger partial charge is 1.00 e. The Hall–Kier alpha value is 2.76. The van der Waals surface area contributed by atoms with E-state index in [1.165, 1.54) is 0 Å². The molecule has 0 spiro atoms. The molecule has 4 nitrogen and oxygen atoms in total. The van der Waals surface area contributed by atoms with Crippen molar-refractivity contribution in [3.05, 3.63) is 0 Å². The van der Waals surface area contributed by atoms with Crippen LogP contribution in [0.5, 0.6) is 0 Å². The standard InChI is InChI=1S/CH4O2S2.CH4O2S.2Na.H2S/c1-5(2,3)4;1-4(2)3;;;/h1H3,(H,2,3,4);1H3,(H,2,3);;;1H2/q;;2*+1;/p-2. The molecule has 0 aromatic carbocycles. The summed E-state index contributed by atoms with van der Waals surface area (Å²) in [6.07, 6.45) is 2.06. The first-order chi connectivity index (χ1) is 3.73. The van der Waals surface area contributed by atoms with E-state index in [4.69, 9.17) is 8.76 Å². The fourth-order valence-corrected chi connectivity index (χ4v) is 0. The molecule has 0 aliphatic rings. The van der Waals surface area contributed by atoms with E-state index in [0.29, 0.717) is 0 Å². The molecule has 0 bridgehead atoms. The van der Waals surface area contributed by atoms with Crippen LogP contribution in [0.15, 0.2) is 0 Å². The Bertz CT molecular complexity index is 165. The van der Waals surface area contributed by atoms with Gasteiger partial charge in [0.1, 0.15) is 0 Å².